The van der Waals surface area contributed by atoms with E-state index >= 15 is 0 Å². The first-order valence-electron chi connectivity index (χ1n) is 7.43. The Kier molecular flexibility index (Phi) is 4.49. The maximum Gasteiger partial charge on any atom is 0.417 e. The second-order valence-electron chi connectivity index (χ2n) is 5.46. The van der Waals surface area contributed by atoms with Gasteiger partial charge >= 0.3 is 12.1 Å². The summed E-state index contributed by atoms with van der Waals surface area (Å²) < 4.78 is 49.1. The summed E-state index contributed by atoms with van der Waals surface area (Å²) in [5.41, 5.74) is 0.157. The highest BCUT2D eigenvalue weighted by Crippen LogP contribution is 2.28. The fourth-order valence-corrected chi connectivity index (χ4v) is 2.22. The number of aryl methyl sites for hydroxylation is 1. The number of alkyl halides is 3. The maximum atomic E-state index is 12.6. The molecule has 0 aliphatic heterocycles. The van der Waals surface area contributed by atoms with Crippen LogP contribution in [0.25, 0.3) is 5.82 Å². The van der Waals surface area contributed by atoms with E-state index in [4.69, 9.17) is 9.26 Å². The molecule has 0 amide bonds. The molecule has 0 aliphatic rings. The highest BCUT2D eigenvalue weighted by atomic mass is 19.4. The van der Waals surface area contributed by atoms with Gasteiger partial charge < -0.3 is 9.26 Å². The zero-order valence-corrected chi connectivity index (χ0v) is 13.7. The molecule has 3 heterocycles. The van der Waals surface area contributed by atoms with Crippen molar-refractivity contribution >= 4 is 5.97 Å². The number of nitrogens with zero attached hydrogens (tertiary/aromatic N) is 4. The quantitative estimate of drug-likeness (QED) is 0.659. The smallest absolute Gasteiger partial charge is 0.417 e. The van der Waals surface area contributed by atoms with Gasteiger partial charge in [0.1, 0.15) is 23.6 Å². The van der Waals surface area contributed by atoms with Crippen LogP contribution in [0.4, 0.5) is 13.2 Å². The standard InChI is InChI=1S/C16H13F3N4O3/c1-9-5-12(22-26-9)8-25-15(24)13-7-21-23(10(13)2)14-4-3-11(6-20-14)16(17,18)19/h3-7H,8H2,1-2H3. The van der Waals surface area contributed by atoms with Gasteiger partial charge in [-0.25, -0.2) is 14.5 Å². The zero-order valence-electron chi connectivity index (χ0n) is 13.7. The summed E-state index contributed by atoms with van der Waals surface area (Å²) in [5, 5.41) is 7.71. The van der Waals surface area contributed by atoms with Crippen LogP contribution < -0.4 is 0 Å². The summed E-state index contributed by atoms with van der Waals surface area (Å²) in [6, 6.07) is 3.71. The van der Waals surface area contributed by atoms with Crippen molar-refractivity contribution in [2.75, 3.05) is 0 Å². The molecule has 0 saturated heterocycles. The molecular formula is C16H13F3N4O3. The largest absolute Gasteiger partial charge is 0.455 e. The van der Waals surface area contributed by atoms with Gasteiger partial charge in [0.25, 0.3) is 0 Å². The molecule has 10 heteroatoms. The Morgan fingerprint density at radius 1 is 1.27 bits per heavy atom. The van der Waals surface area contributed by atoms with E-state index < -0.39 is 17.7 Å². The van der Waals surface area contributed by atoms with Crippen LogP contribution in [0.5, 0.6) is 0 Å². The molecule has 0 radical (unpaired) electrons. The van der Waals surface area contributed by atoms with Gasteiger partial charge in [0, 0.05) is 12.3 Å². The fourth-order valence-electron chi connectivity index (χ4n) is 2.22. The van der Waals surface area contributed by atoms with Crippen molar-refractivity contribution in [1.29, 1.82) is 0 Å². The minimum atomic E-state index is -4.47. The minimum absolute atomic E-state index is 0.0701. The maximum absolute atomic E-state index is 12.6. The first-order chi connectivity index (χ1) is 12.3. The average molecular weight is 366 g/mol. The molecule has 0 bridgehead atoms. The molecule has 3 aromatic rings. The van der Waals surface area contributed by atoms with Crippen LogP contribution in [0.15, 0.2) is 35.1 Å². The molecule has 26 heavy (non-hydrogen) atoms. The monoisotopic (exact) mass is 366 g/mol. The minimum Gasteiger partial charge on any atom is -0.455 e. The van der Waals surface area contributed by atoms with Gasteiger partial charge in [-0.2, -0.15) is 18.3 Å². The lowest BCUT2D eigenvalue weighted by Gasteiger charge is -2.08. The lowest BCUT2D eigenvalue weighted by Crippen LogP contribution is -2.09. The summed E-state index contributed by atoms with van der Waals surface area (Å²) >= 11 is 0. The van der Waals surface area contributed by atoms with Crippen LogP contribution in [0, 0.1) is 13.8 Å². The van der Waals surface area contributed by atoms with E-state index in [1.54, 1.807) is 19.9 Å². The molecule has 0 spiro atoms. The second-order valence-corrected chi connectivity index (χ2v) is 5.46. The van der Waals surface area contributed by atoms with Crippen LogP contribution >= 0.6 is 0 Å². The van der Waals surface area contributed by atoms with Crippen LogP contribution in [0.3, 0.4) is 0 Å². The number of carbonyl (C=O) groups is 1. The predicted octanol–water partition coefficient (Wildman–Crippen LogP) is 3.25. The van der Waals surface area contributed by atoms with Gasteiger partial charge in [0.2, 0.25) is 0 Å². The number of aromatic nitrogens is 4. The van der Waals surface area contributed by atoms with Crippen LogP contribution in [-0.4, -0.2) is 25.9 Å². The molecule has 7 nitrogen and oxygen atoms in total. The second kappa shape index (κ2) is 6.62. The molecule has 0 unspecified atom stereocenters. The summed E-state index contributed by atoms with van der Waals surface area (Å²) in [5.74, 6) is 0.108. The van der Waals surface area contributed by atoms with Gasteiger partial charge in [-0.05, 0) is 26.0 Å². The van der Waals surface area contributed by atoms with E-state index in [0.29, 0.717) is 23.3 Å². The number of hydrogen-bond donors (Lipinski definition) is 0. The van der Waals surface area contributed by atoms with Crippen molar-refractivity contribution in [3.05, 3.63) is 58.9 Å². The van der Waals surface area contributed by atoms with Crippen LogP contribution in [0.1, 0.15) is 33.1 Å². The van der Waals surface area contributed by atoms with E-state index in [1.165, 1.54) is 16.9 Å². The lowest BCUT2D eigenvalue weighted by molar-refractivity contribution is -0.137. The Hall–Kier alpha value is -3.17. The van der Waals surface area contributed by atoms with Crippen molar-refractivity contribution in [3.63, 3.8) is 0 Å². The molecule has 136 valence electrons. The van der Waals surface area contributed by atoms with Gasteiger partial charge in [0.15, 0.2) is 5.82 Å². The molecular weight excluding hydrogens is 353 g/mol. The average Bonchev–Trinajstić information content (AvgIpc) is 3.18. The lowest BCUT2D eigenvalue weighted by atomic mass is 10.2. The van der Waals surface area contributed by atoms with Gasteiger partial charge in [-0.15, -0.1) is 0 Å². The van der Waals surface area contributed by atoms with Gasteiger partial charge in [-0.3, -0.25) is 0 Å². The van der Waals surface area contributed by atoms with Crippen molar-refractivity contribution in [3.8, 4) is 5.82 Å². The van der Waals surface area contributed by atoms with Gasteiger partial charge in [-0.1, -0.05) is 5.16 Å². The topological polar surface area (TPSA) is 83.0 Å². The predicted molar refractivity (Wildman–Crippen MR) is 81.5 cm³/mol. The SMILES string of the molecule is Cc1cc(COC(=O)c2cnn(-c3ccc(C(F)(F)F)cn3)c2C)no1. The summed E-state index contributed by atoms with van der Waals surface area (Å²) in [7, 11) is 0. The number of esters is 1. The van der Waals surface area contributed by atoms with Crippen molar-refractivity contribution in [2.24, 2.45) is 0 Å². The third kappa shape index (κ3) is 3.58. The number of carbonyl (C=O) groups excluding carboxylic acids is 1. The molecule has 3 rings (SSSR count). The number of hydrogen-bond acceptors (Lipinski definition) is 6. The van der Waals surface area contributed by atoms with Crippen molar-refractivity contribution in [1.82, 2.24) is 19.9 Å². The van der Waals surface area contributed by atoms with Gasteiger partial charge in [0.05, 0.1) is 17.5 Å². The Morgan fingerprint density at radius 3 is 2.62 bits per heavy atom. The first-order valence-corrected chi connectivity index (χ1v) is 7.43. The molecule has 0 aromatic carbocycles. The van der Waals surface area contributed by atoms with Crippen molar-refractivity contribution < 1.29 is 27.2 Å². The summed E-state index contributed by atoms with van der Waals surface area (Å²) in [6.45, 7) is 3.23. The van der Waals surface area contributed by atoms with Crippen LogP contribution in [0.2, 0.25) is 0 Å². The number of ether oxygens (including phenoxy) is 1. The molecule has 0 aliphatic carbocycles. The summed E-state index contributed by atoms with van der Waals surface area (Å²) in [6.07, 6.45) is -2.49. The fraction of sp³-hybridized carbons (Fsp3) is 0.250. The molecule has 0 N–H and O–H groups in total. The van der Waals surface area contributed by atoms with E-state index in [9.17, 15) is 18.0 Å². The summed E-state index contributed by atoms with van der Waals surface area (Å²) in [4.78, 5) is 15.9. The van der Waals surface area contributed by atoms with Crippen LogP contribution in [-0.2, 0) is 17.5 Å². The Bertz CT molecular complexity index is 929. The highest BCUT2D eigenvalue weighted by Gasteiger charge is 2.30. The molecule has 3 aromatic heterocycles. The number of rotatable bonds is 4. The Balaban J connectivity index is 1.75. The van der Waals surface area contributed by atoms with Crippen molar-refractivity contribution in [2.45, 2.75) is 26.6 Å². The number of pyridine rings is 1. The van der Waals surface area contributed by atoms with E-state index in [1.807, 2.05) is 0 Å². The van der Waals surface area contributed by atoms with E-state index in [-0.39, 0.29) is 18.0 Å². The molecule has 0 atom stereocenters. The first kappa shape index (κ1) is 17.6. The molecule has 0 fully saturated rings. The third-order valence-corrected chi connectivity index (χ3v) is 3.55. The normalized spacial score (nSPS) is 11.6. The zero-order chi connectivity index (χ0) is 18.9. The Labute approximate surface area is 145 Å². The van der Waals surface area contributed by atoms with E-state index in [2.05, 4.69) is 15.2 Å². The molecule has 0 saturated carbocycles. The highest BCUT2D eigenvalue weighted by molar-refractivity contribution is 5.90. The third-order valence-electron chi connectivity index (χ3n) is 3.55. The number of halogens is 3. The Morgan fingerprint density at radius 2 is 2.04 bits per heavy atom. The van der Waals surface area contributed by atoms with E-state index in [0.717, 1.165) is 6.07 Å².